The minimum absolute atomic E-state index is 0.0125. The van der Waals surface area contributed by atoms with Crippen LogP contribution in [0.3, 0.4) is 0 Å². The molecule has 0 saturated carbocycles. The lowest BCUT2D eigenvalue weighted by molar-refractivity contribution is -0.121. The highest BCUT2D eigenvalue weighted by Gasteiger charge is 2.28. The van der Waals surface area contributed by atoms with Gasteiger partial charge in [-0.05, 0) is 37.3 Å². The van der Waals surface area contributed by atoms with Gasteiger partial charge in [0.05, 0.1) is 20.3 Å². The van der Waals surface area contributed by atoms with Crippen molar-refractivity contribution >= 4 is 11.6 Å². The van der Waals surface area contributed by atoms with Crippen LogP contribution in [-0.2, 0) is 4.79 Å². The second-order valence-electron chi connectivity index (χ2n) is 6.63. The highest BCUT2D eigenvalue weighted by atomic mass is 16.5. The molecule has 0 bridgehead atoms. The van der Waals surface area contributed by atoms with Crippen LogP contribution < -0.4 is 14.8 Å². The lowest BCUT2D eigenvalue weighted by atomic mass is 9.91. The molecule has 1 aliphatic rings. The van der Waals surface area contributed by atoms with Gasteiger partial charge in [0.2, 0.25) is 5.91 Å². The van der Waals surface area contributed by atoms with Crippen LogP contribution in [0.4, 0.5) is 5.69 Å². The lowest BCUT2D eigenvalue weighted by Gasteiger charge is -2.38. The van der Waals surface area contributed by atoms with Crippen LogP contribution >= 0.6 is 0 Å². The molecule has 1 aromatic rings. The Balaban J connectivity index is 2.03. The van der Waals surface area contributed by atoms with E-state index in [1.165, 1.54) is 6.42 Å². The number of methoxy groups -OCH3 is 2. The van der Waals surface area contributed by atoms with Crippen molar-refractivity contribution in [1.29, 1.82) is 0 Å². The van der Waals surface area contributed by atoms with E-state index in [0.29, 0.717) is 23.3 Å². The van der Waals surface area contributed by atoms with E-state index in [2.05, 4.69) is 24.1 Å². The normalized spacial score (nSPS) is 23.2. The molecule has 2 rings (SSSR count). The van der Waals surface area contributed by atoms with Crippen molar-refractivity contribution in [2.75, 3.05) is 32.6 Å². The average Bonchev–Trinajstić information content (AvgIpc) is 2.52. The number of carbonyl (C=O) groups excluding carboxylic acids is 1. The van der Waals surface area contributed by atoms with Gasteiger partial charge in [0, 0.05) is 24.8 Å². The summed E-state index contributed by atoms with van der Waals surface area (Å²) in [4.78, 5) is 14.8. The van der Waals surface area contributed by atoms with E-state index in [-0.39, 0.29) is 11.9 Å². The molecule has 1 amide bonds. The molecule has 1 N–H and O–H groups in total. The van der Waals surface area contributed by atoms with Gasteiger partial charge in [-0.2, -0.15) is 0 Å². The molecule has 128 valence electrons. The van der Waals surface area contributed by atoms with E-state index in [1.807, 2.05) is 13.0 Å². The first-order valence-electron chi connectivity index (χ1n) is 8.21. The number of anilines is 1. The summed E-state index contributed by atoms with van der Waals surface area (Å²) in [5.41, 5.74) is 0.720. The minimum Gasteiger partial charge on any atom is -0.493 e. The molecular formula is C18H28N2O3. The minimum atomic E-state index is -0.145. The first kappa shape index (κ1) is 17.6. The Kier molecular flexibility index (Phi) is 5.88. The summed E-state index contributed by atoms with van der Waals surface area (Å²) in [7, 11) is 3.18. The number of benzene rings is 1. The zero-order chi connectivity index (χ0) is 17.0. The number of rotatable bonds is 5. The largest absolute Gasteiger partial charge is 0.493 e. The van der Waals surface area contributed by atoms with E-state index in [4.69, 9.17) is 9.47 Å². The molecule has 1 aliphatic heterocycles. The van der Waals surface area contributed by atoms with Gasteiger partial charge in [-0.25, -0.2) is 0 Å². The fourth-order valence-electron chi connectivity index (χ4n) is 3.35. The number of nitrogens with zero attached hydrogens (tertiary/aromatic N) is 1. The number of ether oxygens (including phenoxy) is 2. The molecule has 1 heterocycles. The maximum Gasteiger partial charge on any atom is 0.241 e. The van der Waals surface area contributed by atoms with Gasteiger partial charge in [0.1, 0.15) is 0 Å². The smallest absolute Gasteiger partial charge is 0.241 e. The van der Waals surface area contributed by atoms with Crippen LogP contribution in [0.15, 0.2) is 18.2 Å². The number of hydrogen-bond donors (Lipinski definition) is 1. The second-order valence-corrected chi connectivity index (χ2v) is 6.63. The van der Waals surface area contributed by atoms with Crippen molar-refractivity contribution in [2.45, 2.75) is 33.2 Å². The number of carbonyl (C=O) groups is 1. The Morgan fingerprint density at radius 2 is 1.78 bits per heavy atom. The summed E-state index contributed by atoms with van der Waals surface area (Å²) < 4.78 is 10.5. The maximum absolute atomic E-state index is 12.6. The Morgan fingerprint density at radius 1 is 1.17 bits per heavy atom. The van der Waals surface area contributed by atoms with Gasteiger partial charge >= 0.3 is 0 Å². The van der Waals surface area contributed by atoms with Crippen molar-refractivity contribution in [1.82, 2.24) is 4.90 Å². The van der Waals surface area contributed by atoms with Crippen LogP contribution in [0.1, 0.15) is 27.2 Å². The molecule has 0 aliphatic carbocycles. The van der Waals surface area contributed by atoms with Gasteiger partial charge in [-0.1, -0.05) is 13.8 Å². The summed E-state index contributed by atoms with van der Waals surface area (Å²) in [5.74, 6) is 2.54. The number of amides is 1. The molecule has 0 spiro atoms. The molecule has 3 unspecified atom stereocenters. The SMILES string of the molecule is COc1ccc(NC(=O)C(C)N2CC(C)CC(C)C2)cc1OC. The van der Waals surface area contributed by atoms with Gasteiger partial charge in [0.25, 0.3) is 0 Å². The molecule has 23 heavy (non-hydrogen) atoms. The maximum atomic E-state index is 12.6. The second kappa shape index (κ2) is 7.68. The molecule has 5 nitrogen and oxygen atoms in total. The fraction of sp³-hybridized carbons (Fsp3) is 0.611. The monoisotopic (exact) mass is 320 g/mol. The zero-order valence-electron chi connectivity index (χ0n) is 14.8. The molecule has 3 atom stereocenters. The van der Waals surface area contributed by atoms with Crippen LogP contribution in [-0.4, -0.2) is 44.2 Å². The highest BCUT2D eigenvalue weighted by Crippen LogP contribution is 2.30. The Labute approximate surface area is 139 Å². The van der Waals surface area contributed by atoms with Crippen molar-refractivity contribution < 1.29 is 14.3 Å². The summed E-state index contributed by atoms with van der Waals surface area (Å²) in [5, 5.41) is 2.98. The van der Waals surface area contributed by atoms with Crippen molar-refractivity contribution in [3.05, 3.63) is 18.2 Å². The van der Waals surface area contributed by atoms with Gasteiger partial charge in [-0.3, -0.25) is 9.69 Å². The third-order valence-electron chi connectivity index (χ3n) is 4.48. The summed E-state index contributed by atoms with van der Waals surface area (Å²) >= 11 is 0. The number of nitrogens with one attached hydrogen (secondary N) is 1. The highest BCUT2D eigenvalue weighted by molar-refractivity contribution is 5.94. The van der Waals surface area contributed by atoms with Gasteiger partial charge in [-0.15, -0.1) is 0 Å². The predicted octanol–water partition coefficient (Wildman–Crippen LogP) is 3.01. The van der Waals surface area contributed by atoms with E-state index in [9.17, 15) is 4.79 Å². The molecular weight excluding hydrogens is 292 g/mol. The van der Waals surface area contributed by atoms with E-state index in [1.54, 1.807) is 26.4 Å². The third-order valence-corrected chi connectivity index (χ3v) is 4.48. The molecule has 1 saturated heterocycles. The Morgan fingerprint density at radius 3 is 2.35 bits per heavy atom. The molecule has 5 heteroatoms. The van der Waals surface area contributed by atoms with Crippen molar-refractivity contribution in [2.24, 2.45) is 11.8 Å². The molecule has 1 fully saturated rings. The van der Waals surface area contributed by atoms with Gasteiger partial charge < -0.3 is 14.8 Å². The third kappa shape index (κ3) is 4.38. The Hall–Kier alpha value is -1.75. The number of hydrogen-bond acceptors (Lipinski definition) is 4. The van der Waals surface area contributed by atoms with E-state index in [0.717, 1.165) is 18.8 Å². The first-order valence-corrected chi connectivity index (χ1v) is 8.21. The fourth-order valence-corrected chi connectivity index (χ4v) is 3.35. The van der Waals surface area contributed by atoms with Crippen LogP contribution in [0.5, 0.6) is 11.5 Å². The topological polar surface area (TPSA) is 50.8 Å². The first-order chi connectivity index (χ1) is 10.9. The molecule has 1 aromatic carbocycles. The quantitative estimate of drug-likeness (QED) is 0.906. The zero-order valence-corrected chi connectivity index (χ0v) is 14.8. The van der Waals surface area contributed by atoms with Crippen LogP contribution in [0, 0.1) is 11.8 Å². The molecule has 0 radical (unpaired) electrons. The molecule has 0 aromatic heterocycles. The number of piperidine rings is 1. The van der Waals surface area contributed by atoms with E-state index >= 15 is 0 Å². The Bertz CT molecular complexity index is 537. The number of likely N-dealkylation sites (tertiary alicyclic amines) is 1. The van der Waals surface area contributed by atoms with Crippen LogP contribution in [0.2, 0.25) is 0 Å². The van der Waals surface area contributed by atoms with Crippen LogP contribution in [0.25, 0.3) is 0 Å². The van der Waals surface area contributed by atoms with E-state index < -0.39 is 0 Å². The van der Waals surface area contributed by atoms with Gasteiger partial charge in [0.15, 0.2) is 11.5 Å². The standard InChI is InChI=1S/C18H28N2O3/c1-12-8-13(2)11-20(10-12)14(3)18(21)19-15-6-7-16(22-4)17(9-15)23-5/h6-7,9,12-14H,8,10-11H2,1-5H3,(H,19,21). The summed E-state index contributed by atoms with van der Waals surface area (Å²) in [6.45, 7) is 8.43. The summed E-state index contributed by atoms with van der Waals surface area (Å²) in [6.07, 6.45) is 1.24. The predicted molar refractivity (Wildman–Crippen MR) is 92.2 cm³/mol. The lowest BCUT2D eigenvalue weighted by Crippen LogP contribution is -2.48. The van der Waals surface area contributed by atoms with Crippen molar-refractivity contribution in [3.63, 3.8) is 0 Å². The van der Waals surface area contributed by atoms with Crippen molar-refractivity contribution in [3.8, 4) is 11.5 Å². The summed E-state index contributed by atoms with van der Waals surface area (Å²) in [6, 6.07) is 5.26. The average molecular weight is 320 g/mol.